The first-order chi connectivity index (χ1) is 10.1. The quantitative estimate of drug-likeness (QED) is 0.816. The van der Waals surface area contributed by atoms with Crippen molar-refractivity contribution in [3.8, 4) is 0 Å². The van der Waals surface area contributed by atoms with Gasteiger partial charge < -0.3 is 10.2 Å². The van der Waals surface area contributed by atoms with Crippen LogP contribution in [0.15, 0.2) is 18.2 Å². The van der Waals surface area contributed by atoms with Crippen molar-refractivity contribution in [3.05, 3.63) is 34.9 Å². The monoisotopic (exact) mass is 288 g/mol. The SMILES string of the molecule is CNC(CN(C)C1CCCCCC1)c1ccc(C)cc1C. The molecule has 1 aromatic carbocycles. The Bertz CT molecular complexity index is 433. The summed E-state index contributed by atoms with van der Waals surface area (Å²) in [5.74, 6) is 0. The number of likely N-dealkylation sites (N-methyl/N-ethyl adjacent to an activating group) is 2. The average molecular weight is 288 g/mol. The first kappa shape index (κ1) is 16.5. The van der Waals surface area contributed by atoms with Gasteiger partial charge in [-0.15, -0.1) is 0 Å². The summed E-state index contributed by atoms with van der Waals surface area (Å²) in [6.07, 6.45) is 8.42. The molecule has 0 radical (unpaired) electrons. The number of hydrogen-bond donors (Lipinski definition) is 1. The molecule has 0 heterocycles. The molecule has 0 aliphatic heterocycles. The summed E-state index contributed by atoms with van der Waals surface area (Å²) in [5.41, 5.74) is 4.20. The molecular formula is C19H32N2. The van der Waals surface area contributed by atoms with Gasteiger partial charge in [0.25, 0.3) is 0 Å². The maximum atomic E-state index is 3.52. The highest BCUT2D eigenvalue weighted by Crippen LogP contribution is 2.24. The fourth-order valence-corrected chi connectivity index (χ4v) is 3.70. The van der Waals surface area contributed by atoms with Crippen LogP contribution in [0.5, 0.6) is 0 Å². The average Bonchev–Trinajstić information content (AvgIpc) is 2.74. The molecule has 1 N–H and O–H groups in total. The lowest BCUT2D eigenvalue weighted by Gasteiger charge is -2.31. The molecule has 1 aliphatic carbocycles. The zero-order valence-corrected chi connectivity index (χ0v) is 14.3. The Morgan fingerprint density at radius 1 is 1.14 bits per heavy atom. The molecule has 0 spiro atoms. The molecule has 0 saturated heterocycles. The van der Waals surface area contributed by atoms with Gasteiger partial charge in [-0.25, -0.2) is 0 Å². The predicted molar refractivity (Wildman–Crippen MR) is 91.8 cm³/mol. The third-order valence-electron chi connectivity index (χ3n) is 5.07. The number of hydrogen-bond acceptors (Lipinski definition) is 2. The van der Waals surface area contributed by atoms with Crippen LogP contribution in [0.25, 0.3) is 0 Å². The Balaban J connectivity index is 2.03. The van der Waals surface area contributed by atoms with Crippen LogP contribution in [0.2, 0.25) is 0 Å². The van der Waals surface area contributed by atoms with Gasteiger partial charge in [0.1, 0.15) is 0 Å². The van der Waals surface area contributed by atoms with Crippen LogP contribution in [-0.4, -0.2) is 31.6 Å². The number of rotatable bonds is 5. The Hall–Kier alpha value is -0.860. The summed E-state index contributed by atoms with van der Waals surface area (Å²) in [6.45, 7) is 5.51. The fourth-order valence-electron chi connectivity index (χ4n) is 3.70. The number of aryl methyl sites for hydroxylation is 2. The van der Waals surface area contributed by atoms with Gasteiger partial charge >= 0.3 is 0 Å². The van der Waals surface area contributed by atoms with Crippen molar-refractivity contribution < 1.29 is 0 Å². The second kappa shape index (κ2) is 7.95. The summed E-state index contributed by atoms with van der Waals surface area (Å²) >= 11 is 0. The largest absolute Gasteiger partial charge is 0.312 e. The van der Waals surface area contributed by atoms with Crippen LogP contribution < -0.4 is 5.32 Å². The maximum absolute atomic E-state index is 3.52. The molecule has 0 bridgehead atoms. The third kappa shape index (κ3) is 4.55. The van der Waals surface area contributed by atoms with Crippen LogP contribution in [-0.2, 0) is 0 Å². The van der Waals surface area contributed by atoms with E-state index in [-0.39, 0.29) is 0 Å². The molecule has 1 aliphatic rings. The van der Waals surface area contributed by atoms with Gasteiger partial charge in [0.15, 0.2) is 0 Å². The highest BCUT2D eigenvalue weighted by molar-refractivity contribution is 5.33. The van der Waals surface area contributed by atoms with Crippen molar-refractivity contribution in [1.29, 1.82) is 0 Å². The summed E-state index contributed by atoms with van der Waals surface area (Å²) in [6, 6.07) is 8.03. The van der Waals surface area contributed by atoms with Crippen LogP contribution in [0, 0.1) is 13.8 Å². The third-order valence-corrected chi connectivity index (χ3v) is 5.07. The molecule has 2 rings (SSSR count). The van der Waals surface area contributed by atoms with Gasteiger partial charge in [0.2, 0.25) is 0 Å². The van der Waals surface area contributed by atoms with Crippen molar-refractivity contribution in [2.45, 2.75) is 64.5 Å². The Morgan fingerprint density at radius 3 is 2.38 bits per heavy atom. The van der Waals surface area contributed by atoms with Crippen molar-refractivity contribution in [2.75, 3.05) is 20.6 Å². The summed E-state index contributed by atoms with van der Waals surface area (Å²) in [7, 11) is 4.40. The van der Waals surface area contributed by atoms with Crippen LogP contribution in [0.1, 0.15) is 61.3 Å². The van der Waals surface area contributed by atoms with Gasteiger partial charge in [-0.3, -0.25) is 0 Å². The molecule has 1 unspecified atom stereocenters. The van der Waals surface area contributed by atoms with E-state index in [0.717, 1.165) is 12.6 Å². The Kier molecular flexibility index (Phi) is 6.25. The van der Waals surface area contributed by atoms with E-state index >= 15 is 0 Å². The van der Waals surface area contributed by atoms with E-state index in [4.69, 9.17) is 0 Å². The van der Waals surface area contributed by atoms with Crippen molar-refractivity contribution >= 4 is 0 Å². The lowest BCUT2D eigenvalue weighted by atomic mass is 9.98. The van der Waals surface area contributed by atoms with Gasteiger partial charge in [0.05, 0.1) is 0 Å². The minimum absolute atomic E-state index is 0.429. The second-order valence-corrected chi connectivity index (χ2v) is 6.79. The Labute approximate surface area is 130 Å². The zero-order chi connectivity index (χ0) is 15.2. The van der Waals surface area contributed by atoms with E-state index < -0.39 is 0 Å². The minimum Gasteiger partial charge on any atom is -0.312 e. The number of nitrogens with one attached hydrogen (secondary N) is 1. The summed E-state index contributed by atoms with van der Waals surface area (Å²) in [4.78, 5) is 2.59. The molecule has 1 aromatic rings. The highest BCUT2D eigenvalue weighted by Gasteiger charge is 2.21. The molecular weight excluding hydrogens is 256 g/mol. The predicted octanol–water partition coefficient (Wildman–Crippen LogP) is 4.22. The summed E-state index contributed by atoms with van der Waals surface area (Å²) in [5, 5.41) is 3.52. The van der Waals surface area contributed by atoms with E-state index in [2.05, 4.69) is 56.4 Å². The molecule has 0 aromatic heterocycles. The molecule has 0 amide bonds. The lowest BCUT2D eigenvalue weighted by molar-refractivity contribution is 0.201. The fraction of sp³-hybridized carbons (Fsp3) is 0.684. The topological polar surface area (TPSA) is 15.3 Å². The van der Waals surface area contributed by atoms with E-state index in [1.54, 1.807) is 0 Å². The molecule has 1 fully saturated rings. The van der Waals surface area contributed by atoms with Gasteiger partial charge in [-0.1, -0.05) is 49.4 Å². The molecule has 2 heteroatoms. The zero-order valence-electron chi connectivity index (χ0n) is 14.3. The van der Waals surface area contributed by atoms with Gasteiger partial charge in [0, 0.05) is 18.6 Å². The first-order valence-electron chi connectivity index (χ1n) is 8.56. The highest BCUT2D eigenvalue weighted by atomic mass is 15.1. The van der Waals surface area contributed by atoms with E-state index in [1.807, 2.05) is 0 Å². The smallest absolute Gasteiger partial charge is 0.0449 e. The first-order valence-corrected chi connectivity index (χ1v) is 8.56. The molecule has 1 saturated carbocycles. The maximum Gasteiger partial charge on any atom is 0.0449 e. The van der Waals surface area contributed by atoms with Crippen molar-refractivity contribution in [1.82, 2.24) is 10.2 Å². The van der Waals surface area contributed by atoms with Gasteiger partial charge in [-0.05, 0) is 51.9 Å². The van der Waals surface area contributed by atoms with Crippen molar-refractivity contribution in [3.63, 3.8) is 0 Å². The second-order valence-electron chi connectivity index (χ2n) is 6.79. The van der Waals surface area contributed by atoms with E-state index in [1.165, 1.54) is 55.2 Å². The van der Waals surface area contributed by atoms with E-state index in [0.29, 0.717) is 6.04 Å². The standard InChI is InChI=1S/C19H32N2/c1-15-11-12-18(16(2)13-15)19(20-3)14-21(4)17-9-7-5-6-8-10-17/h11-13,17,19-20H,5-10,14H2,1-4H3. The number of benzene rings is 1. The number of nitrogens with zero attached hydrogens (tertiary/aromatic N) is 1. The lowest BCUT2D eigenvalue weighted by Crippen LogP contribution is -2.38. The van der Waals surface area contributed by atoms with Gasteiger partial charge in [-0.2, -0.15) is 0 Å². The Morgan fingerprint density at radius 2 is 1.81 bits per heavy atom. The molecule has 21 heavy (non-hydrogen) atoms. The van der Waals surface area contributed by atoms with Crippen LogP contribution in [0.4, 0.5) is 0 Å². The molecule has 1 atom stereocenters. The molecule has 2 nitrogen and oxygen atoms in total. The normalized spacial score (nSPS) is 18.7. The minimum atomic E-state index is 0.429. The molecule has 118 valence electrons. The van der Waals surface area contributed by atoms with E-state index in [9.17, 15) is 0 Å². The summed E-state index contributed by atoms with van der Waals surface area (Å²) < 4.78 is 0. The van der Waals surface area contributed by atoms with Crippen molar-refractivity contribution in [2.24, 2.45) is 0 Å². The van der Waals surface area contributed by atoms with Crippen LogP contribution >= 0.6 is 0 Å². The van der Waals surface area contributed by atoms with Crippen LogP contribution in [0.3, 0.4) is 0 Å².